The summed E-state index contributed by atoms with van der Waals surface area (Å²) in [5, 5.41) is 5.57. The smallest absolute Gasteiger partial charge is 0.274 e. The summed E-state index contributed by atoms with van der Waals surface area (Å²) in [7, 11) is 0. The zero-order valence-electron chi connectivity index (χ0n) is 11.0. The Morgan fingerprint density at radius 3 is 2.76 bits per heavy atom. The molecule has 1 amide bonds. The van der Waals surface area contributed by atoms with Crippen LogP contribution in [0.5, 0.6) is 0 Å². The van der Waals surface area contributed by atoms with E-state index in [9.17, 15) is 9.18 Å². The van der Waals surface area contributed by atoms with Gasteiger partial charge in [0.15, 0.2) is 0 Å². The molecule has 0 unspecified atom stereocenters. The second-order valence-electron chi connectivity index (χ2n) is 4.57. The molecule has 3 rings (SSSR count). The zero-order chi connectivity index (χ0) is 14.8. The van der Waals surface area contributed by atoms with E-state index in [2.05, 4.69) is 15.1 Å². The van der Waals surface area contributed by atoms with E-state index in [0.29, 0.717) is 18.7 Å². The Kier molecular flexibility index (Phi) is 3.31. The Bertz CT molecular complexity index is 714. The highest BCUT2D eigenvalue weighted by atomic mass is 19.1. The number of nitrogens with zero attached hydrogens (tertiary/aromatic N) is 4. The molecule has 21 heavy (non-hydrogen) atoms. The highest BCUT2D eigenvalue weighted by molar-refractivity contribution is 6.04. The molecule has 6 nitrogen and oxygen atoms in total. The third-order valence-corrected chi connectivity index (χ3v) is 3.11. The van der Waals surface area contributed by atoms with Crippen LogP contribution in [0.3, 0.4) is 0 Å². The average molecular weight is 285 g/mol. The quantitative estimate of drug-likeness (QED) is 0.905. The van der Waals surface area contributed by atoms with E-state index in [1.54, 1.807) is 18.5 Å². The number of hydrazone groups is 1. The second-order valence-corrected chi connectivity index (χ2v) is 4.57. The third-order valence-electron chi connectivity index (χ3n) is 3.11. The highest BCUT2D eigenvalue weighted by Gasteiger charge is 2.23. The SMILES string of the molecule is Nc1ncc(C2=NN(C(=O)c3cccc(F)c3)CC2)cn1. The van der Waals surface area contributed by atoms with E-state index in [1.807, 2.05) is 0 Å². The van der Waals surface area contributed by atoms with Crippen LogP contribution < -0.4 is 5.73 Å². The van der Waals surface area contributed by atoms with Crippen LogP contribution in [-0.2, 0) is 0 Å². The molecular formula is C14H12FN5O. The maximum Gasteiger partial charge on any atom is 0.274 e. The summed E-state index contributed by atoms with van der Waals surface area (Å²) in [6.07, 6.45) is 3.73. The van der Waals surface area contributed by atoms with Crippen LogP contribution in [0.2, 0.25) is 0 Å². The van der Waals surface area contributed by atoms with Crippen LogP contribution in [0.25, 0.3) is 0 Å². The van der Waals surface area contributed by atoms with Crippen molar-refractivity contribution in [2.75, 3.05) is 12.3 Å². The minimum absolute atomic E-state index is 0.185. The molecule has 1 aliphatic heterocycles. The van der Waals surface area contributed by atoms with Crippen molar-refractivity contribution >= 4 is 17.6 Å². The van der Waals surface area contributed by atoms with Gasteiger partial charge in [0.25, 0.3) is 5.91 Å². The lowest BCUT2D eigenvalue weighted by atomic mass is 10.1. The van der Waals surface area contributed by atoms with Crippen molar-refractivity contribution in [2.45, 2.75) is 6.42 Å². The lowest BCUT2D eigenvalue weighted by molar-refractivity contribution is 0.0778. The van der Waals surface area contributed by atoms with Gasteiger partial charge in [0.2, 0.25) is 5.95 Å². The average Bonchev–Trinajstić information content (AvgIpc) is 2.97. The number of amides is 1. The molecule has 1 aromatic carbocycles. The second kappa shape index (κ2) is 5.28. The first-order chi connectivity index (χ1) is 10.1. The summed E-state index contributed by atoms with van der Waals surface area (Å²) in [5.41, 5.74) is 7.13. The highest BCUT2D eigenvalue weighted by Crippen LogP contribution is 2.16. The molecule has 0 spiro atoms. The van der Waals surface area contributed by atoms with Gasteiger partial charge < -0.3 is 5.73 Å². The van der Waals surface area contributed by atoms with Crippen molar-refractivity contribution in [3.63, 3.8) is 0 Å². The number of carbonyl (C=O) groups is 1. The number of benzene rings is 1. The molecule has 0 saturated heterocycles. The molecule has 2 heterocycles. The molecule has 1 aliphatic rings. The van der Waals surface area contributed by atoms with Gasteiger partial charge in [0.1, 0.15) is 5.82 Å². The van der Waals surface area contributed by atoms with Crippen molar-refractivity contribution in [3.05, 3.63) is 53.6 Å². The molecule has 2 aromatic rings. The molecule has 2 N–H and O–H groups in total. The molecule has 1 aromatic heterocycles. The van der Waals surface area contributed by atoms with Gasteiger partial charge >= 0.3 is 0 Å². The van der Waals surface area contributed by atoms with Gasteiger partial charge in [0, 0.05) is 29.9 Å². The molecule has 0 saturated carbocycles. The van der Waals surface area contributed by atoms with Gasteiger partial charge in [-0.15, -0.1) is 0 Å². The molecular weight excluding hydrogens is 273 g/mol. The number of hydrogen-bond donors (Lipinski definition) is 1. The number of nitrogens with two attached hydrogens (primary N) is 1. The maximum atomic E-state index is 13.2. The van der Waals surface area contributed by atoms with Crippen LogP contribution in [0.1, 0.15) is 22.3 Å². The summed E-state index contributed by atoms with van der Waals surface area (Å²) in [6.45, 7) is 0.440. The molecule has 7 heteroatoms. The van der Waals surface area contributed by atoms with Crippen molar-refractivity contribution in [1.29, 1.82) is 0 Å². The maximum absolute atomic E-state index is 13.2. The number of hydrogen-bond acceptors (Lipinski definition) is 5. The minimum Gasteiger partial charge on any atom is -0.368 e. The number of halogens is 1. The van der Waals surface area contributed by atoms with E-state index >= 15 is 0 Å². The largest absolute Gasteiger partial charge is 0.368 e. The van der Waals surface area contributed by atoms with Crippen LogP contribution in [0.4, 0.5) is 10.3 Å². The van der Waals surface area contributed by atoms with Gasteiger partial charge in [0.05, 0.1) is 12.3 Å². The van der Waals surface area contributed by atoms with Crippen LogP contribution in [-0.4, -0.2) is 33.1 Å². The lowest BCUT2D eigenvalue weighted by Gasteiger charge is -2.11. The van der Waals surface area contributed by atoms with Crippen molar-refractivity contribution in [1.82, 2.24) is 15.0 Å². The van der Waals surface area contributed by atoms with Crippen LogP contribution in [0, 0.1) is 5.82 Å². The number of rotatable bonds is 2. The molecule has 0 atom stereocenters. The monoisotopic (exact) mass is 285 g/mol. The van der Waals surface area contributed by atoms with E-state index in [1.165, 1.54) is 23.2 Å². The summed E-state index contributed by atoms with van der Waals surface area (Å²) in [6, 6.07) is 5.55. The van der Waals surface area contributed by atoms with E-state index in [4.69, 9.17) is 5.73 Å². The van der Waals surface area contributed by atoms with Gasteiger partial charge in [-0.1, -0.05) is 6.07 Å². The molecule has 106 valence electrons. The first-order valence-electron chi connectivity index (χ1n) is 6.36. The summed E-state index contributed by atoms with van der Waals surface area (Å²) < 4.78 is 13.2. The van der Waals surface area contributed by atoms with Crippen molar-refractivity contribution in [3.8, 4) is 0 Å². The Morgan fingerprint density at radius 1 is 1.29 bits per heavy atom. The van der Waals surface area contributed by atoms with Crippen molar-refractivity contribution in [2.24, 2.45) is 5.10 Å². The topological polar surface area (TPSA) is 84.5 Å². The number of aromatic nitrogens is 2. The molecule has 0 bridgehead atoms. The molecule has 0 aliphatic carbocycles. The number of carbonyl (C=O) groups excluding carboxylic acids is 1. The normalized spacial score (nSPS) is 14.1. The third kappa shape index (κ3) is 2.71. The summed E-state index contributed by atoms with van der Waals surface area (Å²) >= 11 is 0. The summed E-state index contributed by atoms with van der Waals surface area (Å²) in [4.78, 5) is 20.0. The Hall–Kier alpha value is -2.83. The Morgan fingerprint density at radius 2 is 2.05 bits per heavy atom. The first-order valence-corrected chi connectivity index (χ1v) is 6.36. The van der Waals surface area contributed by atoms with Crippen LogP contribution >= 0.6 is 0 Å². The predicted molar refractivity (Wildman–Crippen MR) is 75.0 cm³/mol. The fourth-order valence-electron chi connectivity index (χ4n) is 2.06. The standard InChI is InChI=1S/C14H12FN5O/c15-11-3-1-2-9(6-11)13(21)20-5-4-12(19-20)10-7-17-14(16)18-8-10/h1-3,6-8H,4-5H2,(H2,16,17,18). The fraction of sp³-hybridized carbons (Fsp3) is 0.143. The van der Waals surface area contributed by atoms with Gasteiger partial charge in [-0.3, -0.25) is 4.79 Å². The zero-order valence-corrected chi connectivity index (χ0v) is 11.0. The minimum atomic E-state index is -0.448. The predicted octanol–water partition coefficient (Wildman–Crippen LogP) is 1.45. The number of nitrogen functional groups attached to an aromatic ring is 1. The first kappa shape index (κ1) is 13.2. The lowest BCUT2D eigenvalue weighted by Crippen LogP contribution is -2.23. The fourth-order valence-corrected chi connectivity index (χ4v) is 2.06. The van der Waals surface area contributed by atoms with Crippen molar-refractivity contribution < 1.29 is 9.18 Å². The summed E-state index contributed by atoms with van der Waals surface area (Å²) in [5.74, 6) is -0.595. The van der Waals surface area contributed by atoms with Gasteiger partial charge in [-0.25, -0.2) is 19.4 Å². The molecule has 0 radical (unpaired) electrons. The van der Waals surface area contributed by atoms with E-state index in [0.717, 1.165) is 5.56 Å². The van der Waals surface area contributed by atoms with E-state index < -0.39 is 5.82 Å². The van der Waals surface area contributed by atoms with E-state index in [-0.39, 0.29) is 17.4 Å². The Balaban J connectivity index is 1.82. The Labute approximate surface area is 120 Å². The van der Waals surface area contributed by atoms with Crippen LogP contribution in [0.15, 0.2) is 41.8 Å². The number of anilines is 1. The molecule has 0 fully saturated rings. The van der Waals surface area contributed by atoms with Gasteiger partial charge in [-0.05, 0) is 18.2 Å². The van der Waals surface area contributed by atoms with Gasteiger partial charge in [-0.2, -0.15) is 5.10 Å².